The number of rotatable bonds is 6. The molecule has 0 aliphatic carbocycles. The Bertz CT molecular complexity index is 644. The fourth-order valence-electron chi connectivity index (χ4n) is 4.70. The van der Waals surface area contributed by atoms with Crippen molar-refractivity contribution in [3.8, 4) is 0 Å². The maximum Gasteiger partial charge on any atom is 0.248 e. The van der Waals surface area contributed by atoms with E-state index in [0.29, 0.717) is 12.5 Å². The average molecular weight is 358 g/mol. The highest BCUT2D eigenvalue weighted by molar-refractivity contribution is 5.77. The van der Waals surface area contributed by atoms with Crippen LogP contribution in [0.2, 0.25) is 0 Å². The molecule has 3 aliphatic heterocycles. The largest absolute Gasteiger partial charge is 0.380 e. The molecule has 0 unspecified atom stereocenters. The van der Waals surface area contributed by atoms with Gasteiger partial charge in [0, 0.05) is 44.1 Å². The van der Waals surface area contributed by atoms with Gasteiger partial charge in [-0.15, -0.1) is 0 Å². The van der Waals surface area contributed by atoms with Gasteiger partial charge in [-0.25, -0.2) is 0 Å². The Morgan fingerprint density at radius 2 is 2.12 bits per heavy atom. The van der Waals surface area contributed by atoms with Crippen LogP contribution in [0.15, 0.2) is 24.3 Å². The highest BCUT2D eigenvalue weighted by Crippen LogP contribution is 2.42. The van der Waals surface area contributed by atoms with Gasteiger partial charge in [0.25, 0.3) is 0 Å². The predicted octanol–water partition coefficient (Wildman–Crippen LogP) is 2.08. The molecule has 0 N–H and O–H groups in total. The Morgan fingerprint density at radius 3 is 2.92 bits per heavy atom. The number of carbonyl (C=O) groups excluding carboxylic acids is 1. The summed E-state index contributed by atoms with van der Waals surface area (Å²) < 4.78 is 11.7. The minimum Gasteiger partial charge on any atom is -0.380 e. The first-order valence-corrected chi connectivity index (χ1v) is 9.86. The number of likely N-dealkylation sites (tertiary alicyclic amines) is 2. The van der Waals surface area contributed by atoms with Gasteiger partial charge in [0.2, 0.25) is 5.91 Å². The molecule has 1 aromatic rings. The molecule has 3 saturated heterocycles. The molecule has 0 radical (unpaired) electrons. The van der Waals surface area contributed by atoms with Gasteiger partial charge >= 0.3 is 0 Å². The lowest BCUT2D eigenvalue weighted by Gasteiger charge is -2.27. The molecule has 3 heterocycles. The summed E-state index contributed by atoms with van der Waals surface area (Å²) in [6.07, 6.45) is 2.25. The summed E-state index contributed by atoms with van der Waals surface area (Å²) in [4.78, 5) is 16.7. The van der Waals surface area contributed by atoms with Gasteiger partial charge < -0.3 is 14.4 Å². The first-order valence-electron chi connectivity index (χ1n) is 9.86. The monoisotopic (exact) mass is 358 g/mol. The number of hydrogen-bond donors (Lipinski definition) is 0. The summed E-state index contributed by atoms with van der Waals surface area (Å²) in [6, 6.07) is 8.61. The van der Waals surface area contributed by atoms with E-state index >= 15 is 0 Å². The maximum absolute atomic E-state index is 12.2. The molecule has 142 valence electrons. The van der Waals surface area contributed by atoms with E-state index in [9.17, 15) is 4.79 Å². The highest BCUT2D eigenvalue weighted by Gasteiger charge is 2.50. The number of fused-ring (bicyclic) bond motifs is 1. The summed E-state index contributed by atoms with van der Waals surface area (Å²) in [6.45, 7) is 9.39. The SMILES string of the molecule is Cc1ccccc1CN1C[C@@H]2COC[C@]2(COCC(=O)N2CCCC2)C1. The van der Waals surface area contributed by atoms with Crippen LogP contribution in [-0.4, -0.2) is 68.3 Å². The molecule has 0 bridgehead atoms. The van der Waals surface area contributed by atoms with Crippen LogP contribution in [0.4, 0.5) is 0 Å². The Balaban J connectivity index is 1.32. The van der Waals surface area contributed by atoms with Crippen molar-refractivity contribution < 1.29 is 14.3 Å². The minimum atomic E-state index is 0.0496. The number of aryl methyl sites for hydroxylation is 1. The molecule has 0 spiro atoms. The van der Waals surface area contributed by atoms with Gasteiger partial charge in [0.05, 0.1) is 19.8 Å². The van der Waals surface area contributed by atoms with E-state index in [4.69, 9.17) is 9.47 Å². The average Bonchev–Trinajstić information content (AvgIpc) is 3.33. The van der Waals surface area contributed by atoms with Crippen LogP contribution in [0.3, 0.4) is 0 Å². The van der Waals surface area contributed by atoms with Gasteiger partial charge in [0.1, 0.15) is 6.61 Å². The zero-order chi connectivity index (χ0) is 18.0. The molecular formula is C21H30N2O3. The second kappa shape index (κ2) is 7.67. The van der Waals surface area contributed by atoms with Crippen LogP contribution in [0, 0.1) is 18.3 Å². The van der Waals surface area contributed by atoms with Gasteiger partial charge in [0.15, 0.2) is 0 Å². The van der Waals surface area contributed by atoms with E-state index in [-0.39, 0.29) is 17.9 Å². The third-order valence-corrected chi connectivity index (χ3v) is 6.32. The molecule has 4 rings (SSSR count). The Kier molecular flexibility index (Phi) is 5.30. The summed E-state index contributed by atoms with van der Waals surface area (Å²) in [5.41, 5.74) is 2.80. The van der Waals surface area contributed by atoms with Crippen molar-refractivity contribution in [1.82, 2.24) is 9.80 Å². The lowest BCUT2D eigenvalue weighted by Crippen LogP contribution is -2.38. The Morgan fingerprint density at radius 1 is 1.31 bits per heavy atom. The van der Waals surface area contributed by atoms with Crippen molar-refractivity contribution in [2.45, 2.75) is 26.3 Å². The highest BCUT2D eigenvalue weighted by atomic mass is 16.5. The van der Waals surface area contributed by atoms with Crippen molar-refractivity contribution in [3.63, 3.8) is 0 Å². The zero-order valence-corrected chi connectivity index (χ0v) is 15.8. The molecule has 0 saturated carbocycles. The van der Waals surface area contributed by atoms with Crippen LogP contribution in [0.5, 0.6) is 0 Å². The van der Waals surface area contributed by atoms with E-state index in [0.717, 1.165) is 58.8 Å². The number of ether oxygens (including phenoxy) is 2. The molecule has 5 heteroatoms. The van der Waals surface area contributed by atoms with Gasteiger partial charge in [-0.1, -0.05) is 24.3 Å². The number of nitrogens with zero attached hydrogens (tertiary/aromatic N) is 2. The molecule has 5 nitrogen and oxygen atoms in total. The normalized spacial score (nSPS) is 28.7. The van der Waals surface area contributed by atoms with Crippen LogP contribution >= 0.6 is 0 Å². The summed E-state index contributed by atoms with van der Waals surface area (Å²) in [7, 11) is 0. The van der Waals surface area contributed by atoms with Crippen molar-refractivity contribution in [3.05, 3.63) is 35.4 Å². The summed E-state index contributed by atoms with van der Waals surface area (Å²) in [5, 5.41) is 0. The van der Waals surface area contributed by atoms with Crippen LogP contribution in [0.25, 0.3) is 0 Å². The second-order valence-electron chi connectivity index (χ2n) is 8.25. The van der Waals surface area contributed by atoms with Crippen molar-refractivity contribution in [1.29, 1.82) is 0 Å². The Labute approximate surface area is 156 Å². The zero-order valence-electron chi connectivity index (χ0n) is 15.8. The molecule has 0 aromatic heterocycles. The topological polar surface area (TPSA) is 42.0 Å². The van der Waals surface area contributed by atoms with E-state index in [1.54, 1.807) is 0 Å². The number of carbonyl (C=O) groups is 1. The number of benzene rings is 1. The summed E-state index contributed by atoms with van der Waals surface area (Å²) >= 11 is 0. The second-order valence-corrected chi connectivity index (χ2v) is 8.25. The smallest absolute Gasteiger partial charge is 0.248 e. The maximum atomic E-state index is 12.2. The molecular weight excluding hydrogens is 328 g/mol. The van der Waals surface area contributed by atoms with Gasteiger partial charge in [-0.2, -0.15) is 0 Å². The predicted molar refractivity (Wildman–Crippen MR) is 99.8 cm³/mol. The Hall–Kier alpha value is -1.43. The van der Waals surface area contributed by atoms with Crippen molar-refractivity contribution in [2.24, 2.45) is 11.3 Å². The third-order valence-electron chi connectivity index (χ3n) is 6.32. The molecule has 3 fully saturated rings. The fraction of sp³-hybridized carbons (Fsp3) is 0.667. The van der Waals surface area contributed by atoms with Gasteiger partial charge in [-0.05, 0) is 30.9 Å². The lowest BCUT2D eigenvalue weighted by atomic mass is 9.82. The molecule has 3 aliphatic rings. The van der Waals surface area contributed by atoms with E-state index in [1.807, 2.05) is 4.90 Å². The number of hydrogen-bond acceptors (Lipinski definition) is 4. The van der Waals surface area contributed by atoms with Crippen LogP contribution in [0.1, 0.15) is 24.0 Å². The van der Waals surface area contributed by atoms with Crippen molar-refractivity contribution >= 4 is 5.91 Å². The minimum absolute atomic E-state index is 0.0496. The summed E-state index contributed by atoms with van der Waals surface area (Å²) in [5.74, 6) is 0.650. The fourth-order valence-corrected chi connectivity index (χ4v) is 4.70. The molecule has 2 atom stereocenters. The molecule has 1 amide bonds. The first kappa shape index (κ1) is 18.0. The van der Waals surface area contributed by atoms with Gasteiger partial charge in [-0.3, -0.25) is 9.69 Å². The van der Waals surface area contributed by atoms with Crippen LogP contribution < -0.4 is 0 Å². The standard InChI is InChI=1S/C21H30N2O3/c1-17-6-2-3-7-18(17)10-22-11-19-12-25-15-21(19,14-22)16-26-13-20(24)23-8-4-5-9-23/h2-3,6-7,19H,4-5,8-16H2,1H3/t19-,21+/m1/s1. The van der Waals surface area contributed by atoms with E-state index in [2.05, 4.69) is 36.1 Å². The lowest BCUT2D eigenvalue weighted by molar-refractivity contribution is -0.136. The van der Waals surface area contributed by atoms with Crippen LogP contribution in [-0.2, 0) is 20.8 Å². The number of amides is 1. The first-order chi connectivity index (χ1) is 12.7. The van der Waals surface area contributed by atoms with E-state index in [1.165, 1.54) is 11.1 Å². The molecule has 26 heavy (non-hydrogen) atoms. The van der Waals surface area contributed by atoms with E-state index < -0.39 is 0 Å². The third kappa shape index (κ3) is 3.66. The quantitative estimate of drug-likeness (QED) is 0.781. The molecule has 1 aromatic carbocycles. The van der Waals surface area contributed by atoms with Crippen molar-refractivity contribution in [2.75, 3.05) is 52.6 Å².